The van der Waals surface area contributed by atoms with E-state index in [2.05, 4.69) is 10.4 Å². The fourth-order valence-corrected chi connectivity index (χ4v) is 3.10. The van der Waals surface area contributed by atoms with Gasteiger partial charge >= 0.3 is 0 Å². The van der Waals surface area contributed by atoms with Crippen molar-refractivity contribution >= 4 is 33.2 Å². The Hall–Kier alpha value is -2.91. The topological polar surface area (TPSA) is 93.1 Å². The van der Waals surface area contributed by atoms with Crippen molar-refractivity contribution < 1.29 is 17.6 Å². The van der Waals surface area contributed by atoms with Gasteiger partial charge in [0, 0.05) is 28.9 Å². The first-order valence-corrected chi connectivity index (χ1v) is 10.3. The van der Waals surface area contributed by atoms with Gasteiger partial charge in [0.1, 0.15) is 5.82 Å². The Labute approximate surface area is 166 Å². The van der Waals surface area contributed by atoms with Crippen LogP contribution in [0.1, 0.15) is 15.9 Å². The zero-order valence-electron chi connectivity index (χ0n) is 14.7. The molecular formula is C18H16ClFN4O3S. The van der Waals surface area contributed by atoms with E-state index in [-0.39, 0.29) is 17.8 Å². The van der Waals surface area contributed by atoms with E-state index in [1.54, 1.807) is 29.2 Å². The Morgan fingerprint density at radius 3 is 2.61 bits per heavy atom. The highest BCUT2D eigenvalue weighted by molar-refractivity contribution is 7.92. The van der Waals surface area contributed by atoms with E-state index in [1.165, 1.54) is 6.07 Å². The molecule has 0 fully saturated rings. The van der Waals surface area contributed by atoms with Crippen LogP contribution in [0.3, 0.4) is 0 Å². The van der Waals surface area contributed by atoms with Gasteiger partial charge < -0.3 is 5.32 Å². The van der Waals surface area contributed by atoms with E-state index in [1.807, 2.05) is 16.9 Å². The number of amides is 1. The van der Waals surface area contributed by atoms with Gasteiger partial charge in [0.05, 0.1) is 23.8 Å². The molecule has 0 aliphatic heterocycles. The maximum Gasteiger partial charge on any atom is 0.251 e. The van der Waals surface area contributed by atoms with Crippen LogP contribution in [0.15, 0.2) is 54.9 Å². The second-order valence-electron chi connectivity index (χ2n) is 6.02. The van der Waals surface area contributed by atoms with Crippen molar-refractivity contribution in [2.75, 3.05) is 11.0 Å². The molecule has 0 spiro atoms. The lowest BCUT2D eigenvalue weighted by atomic mass is 10.2. The molecule has 2 aromatic carbocycles. The summed E-state index contributed by atoms with van der Waals surface area (Å²) in [6, 6.07) is 10.6. The Balaban J connectivity index is 1.68. The molecule has 1 heterocycles. The van der Waals surface area contributed by atoms with E-state index < -0.39 is 21.7 Å². The van der Waals surface area contributed by atoms with Crippen molar-refractivity contribution in [2.24, 2.45) is 0 Å². The molecule has 0 atom stereocenters. The largest absolute Gasteiger partial charge is 0.348 e. The van der Waals surface area contributed by atoms with E-state index >= 15 is 0 Å². The van der Waals surface area contributed by atoms with Gasteiger partial charge in [-0.3, -0.25) is 9.52 Å². The van der Waals surface area contributed by atoms with Crippen LogP contribution in [0.2, 0.25) is 5.02 Å². The number of hydrogen-bond donors (Lipinski definition) is 2. The number of nitrogens with one attached hydrogen (secondary N) is 2. The fourth-order valence-electron chi connectivity index (χ4n) is 2.42. The summed E-state index contributed by atoms with van der Waals surface area (Å²) in [6.07, 6.45) is 4.26. The molecular weight excluding hydrogens is 407 g/mol. The second kappa shape index (κ2) is 7.99. The number of aromatic nitrogens is 2. The number of sulfonamides is 1. The standard InChI is InChI=1S/C18H16ClFN4O3S/c1-28(26,27)23-17-8-13(2-7-16(17)20)18(25)21-9-12-10-22-24(11-12)15-5-3-14(19)4-6-15/h2-8,10-11,23H,9H2,1H3,(H,21,25). The minimum atomic E-state index is -3.66. The molecule has 0 saturated carbocycles. The molecule has 2 N–H and O–H groups in total. The predicted octanol–water partition coefficient (Wildman–Crippen LogP) is 2.97. The Morgan fingerprint density at radius 1 is 1.21 bits per heavy atom. The summed E-state index contributed by atoms with van der Waals surface area (Å²) in [6.45, 7) is 0.193. The van der Waals surface area contributed by atoms with E-state index in [4.69, 9.17) is 11.6 Å². The lowest BCUT2D eigenvalue weighted by Gasteiger charge is -2.08. The quantitative estimate of drug-likeness (QED) is 0.638. The van der Waals surface area contributed by atoms with Gasteiger partial charge in [-0.05, 0) is 42.5 Å². The minimum Gasteiger partial charge on any atom is -0.348 e. The zero-order chi connectivity index (χ0) is 20.3. The molecule has 0 saturated heterocycles. The highest BCUT2D eigenvalue weighted by atomic mass is 35.5. The molecule has 7 nitrogen and oxygen atoms in total. The van der Waals surface area contributed by atoms with Gasteiger partial charge in [0.2, 0.25) is 10.0 Å². The average Bonchev–Trinajstić information content (AvgIpc) is 3.10. The summed E-state index contributed by atoms with van der Waals surface area (Å²) in [4.78, 5) is 12.3. The number of anilines is 1. The third-order valence-corrected chi connectivity index (χ3v) is 4.55. The van der Waals surface area contributed by atoms with Crippen LogP contribution < -0.4 is 10.0 Å². The summed E-state index contributed by atoms with van der Waals surface area (Å²) in [5.41, 5.74) is 1.40. The van der Waals surface area contributed by atoms with Gasteiger partial charge in [-0.25, -0.2) is 17.5 Å². The van der Waals surface area contributed by atoms with Crippen molar-refractivity contribution in [1.29, 1.82) is 0 Å². The van der Waals surface area contributed by atoms with Gasteiger partial charge in [0.25, 0.3) is 5.91 Å². The molecule has 0 unspecified atom stereocenters. The van der Waals surface area contributed by atoms with Gasteiger partial charge in [0.15, 0.2) is 0 Å². The number of nitrogens with zero attached hydrogens (tertiary/aromatic N) is 2. The molecule has 146 valence electrons. The van der Waals surface area contributed by atoms with Gasteiger partial charge in [-0.2, -0.15) is 5.10 Å². The molecule has 0 radical (unpaired) electrons. The first-order valence-electron chi connectivity index (χ1n) is 8.06. The van der Waals surface area contributed by atoms with Gasteiger partial charge in [-0.1, -0.05) is 11.6 Å². The average molecular weight is 423 g/mol. The molecule has 28 heavy (non-hydrogen) atoms. The molecule has 0 bridgehead atoms. The van der Waals surface area contributed by atoms with Crippen LogP contribution in [0.25, 0.3) is 5.69 Å². The summed E-state index contributed by atoms with van der Waals surface area (Å²) < 4.78 is 40.0. The number of rotatable bonds is 6. The fraction of sp³-hybridized carbons (Fsp3) is 0.111. The summed E-state index contributed by atoms with van der Waals surface area (Å²) in [7, 11) is -3.66. The SMILES string of the molecule is CS(=O)(=O)Nc1cc(C(=O)NCc2cnn(-c3ccc(Cl)cc3)c2)ccc1F. The summed E-state index contributed by atoms with van der Waals surface area (Å²) in [5.74, 6) is -1.25. The van der Waals surface area contributed by atoms with Crippen molar-refractivity contribution in [2.45, 2.75) is 6.54 Å². The van der Waals surface area contributed by atoms with Crippen molar-refractivity contribution in [3.63, 3.8) is 0 Å². The van der Waals surface area contributed by atoms with E-state index in [0.717, 1.165) is 29.6 Å². The number of benzene rings is 2. The maximum atomic E-state index is 13.7. The zero-order valence-corrected chi connectivity index (χ0v) is 16.3. The van der Waals surface area contributed by atoms with Crippen LogP contribution in [-0.2, 0) is 16.6 Å². The van der Waals surface area contributed by atoms with Crippen LogP contribution in [0, 0.1) is 5.82 Å². The first-order chi connectivity index (χ1) is 13.2. The molecule has 0 aliphatic rings. The molecule has 10 heteroatoms. The molecule has 3 rings (SSSR count). The molecule has 0 aliphatic carbocycles. The number of carbonyl (C=O) groups excluding carboxylic acids is 1. The lowest BCUT2D eigenvalue weighted by molar-refractivity contribution is 0.0951. The Morgan fingerprint density at radius 2 is 1.93 bits per heavy atom. The van der Waals surface area contributed by atoms with Gasteiger partial charge in [-0.15, -0.1) is 0 Å². The smallest absolute Gasteiger partial charge is 0.251 e. The minimum absolute atomic E-state index is 0.123. The third kappa shape index (κ3) is 5.08. The highest BCUT2D eigenvalue weighted by Gasteiger charge is 2.13. The molecule has 3 aromatic rings. The normalized spacial score (nSPS) is 11.2. The molecule has 1 amide bonds. The Kier molecular flexibility index (Phi) is 5.66. The van der Waals surface area contributed by atoms with Crippen molar-refractivity contribution in [3.05, 3.63) is 76.8 Å². The van der Waals surface area contributed by atoms with E-state index in [9.17, 15) is 17.6 Å². The third-order valence-electron chi connectivity index (χ3n) is 3.70. The number of hydrogen-bond acceptors (Lipinski definition) is 4. The first kappa shape index (κ1) is 19.8. The number of carbonyl (C=O) groups is 1. The van der Waals surface area contributed by atoms with E-state index in [0.29, 0.717) is 5.02 Å². The maximum absolute atomic E-state index is 13.7. The monoisotopic (exact) mass is 422 g/mol. The lowest BCUT2D eigenvalue weighted by Crippen LogP contribution is -2.23. The second-order valence-corrected chi connectivity index (χ2v) is 8.21. The van der Waals surface area contributed by atoms with Crippen LogP contribution >= 0.6 is 11.6 Å². The number of halogens is 2. The summed E-state index contributed by atoms with van der Waals surface area (Å²) in [5, 5.41) is 7.53. The predicted molar refractivity (Wildman–Crippen MR) is 105 cm³/mol. The van der Waals surface area contributed by atoms with Crippen LogP contribution in [-0.4, -0.2) is 30.4 Å². The van der Waals surface area contributed by atoms with Crippen LogP contribution in [0.4, 0.5) is 10.1 Å². The Bertz CT molecular complexity index is 1110. The highest BCUT2D eigenvalue weighted by Crippen LogP contribution is 2.18. The van der Waals surface area contributed by atoms with Crippen LogP contribution in [0.5, 0.6) is 0 Å². The van der Waals surface area contributed by atoms with Crippen molar-refractivity contribution in [3.8, 4) is 5.69 Å². The van der Waals surface area contributed by atoms with Crippen molar-refractivity contribution in [1.82, 2.24) is 15.1 Å². The summed E-state index contributed by atoms with van der Waals surface area (Å²) >= 11 is 5.86. The molecule has 1 aromatic heterocycles.